The first-order valence-electron chi connectivity index (χ1n) is 3.63. The van der Waals surface area contributed by atoms with E-state index in [9.17, 15) is 4.79 Å². The zero-order valence-electron chi connectivity index (χ0n) is 7.13. The number of hydrogen-bond acceptors (Lipinski definition) is 3. The molecule has 0 saturated heterocycles. The van der Waals surface area contributed by atoms with Crippen LogP contribution in [-0.2, 0) is 0 Å². The van der Waals surface area contributed by atoms with Crippen molar-refractivity contribution >= 4 is 33.2 Å². The third-order valence-corrected chi connectivity index (χ3v) is 2.35. The van der Waals surface area contributed by atoms with Gasteiger partial charge in [0.25, 0.3) is 5.91 Å². The maximum atomic E-state index is 11.3. The number of carbonyl (C=O) groups excluding carboxylic acids is 1. The van der Waals surface area contributed by atoms with Crippen molar-refractivity contribution < 1.29 is 4.79 Å². The molecule has 13 heavy (non-hydrogen) atoms. The Bertz CT molecular complexity index is 335. The van der Waals surface area contributed by atoms with Gasteiger partial charge in [-0.1, -0.05) is 22.5 Å². The molecule has 1 aromatic heterocycles. The van der Waals surface area contributed by atoms with E-state index in [1.54, 1.807) is 5.38 Å². The van der Waals surface area contributed by atoms with Crippen LogP contribution in [0.1, 0.15) is 15.5 Å². The lowest BCUT2D eigenvalue weighted by Crippen LogP contribution is -2.24. The summed E-state index contributed by atoms with van der Waals surface area (Å²) in [6.45, 7) is 5.90. The van der Waals surface area contributed by atoms with Gasteiger partial charge in [-0.25, -0.2) is 4.98 Å². The topological polar surface area (TPSA) is 42.0 Å². The smallest absolute Gasteiger partial charge is 0.271 e. The minimum atomic E-state index is -0.162. The Hall–Kier alpha value is -0.680. The number of thiazole rings is 1. The Labute approximate surface area is 89.0 Å². The van der Waals surface area contributed by atoms with Crippen molar-refractivity contribution in [2.45, 2.75) is 6.92 Å². The summed E-state index contributed by atoms with van der Waals surface area (Å²) in [5.74, 6) is -0.162. The summed E-state index contributed by atoms with van der Waals surface area (Å²) in [7, 11) is 0. The molecular formula is C8H9BrN2OS. The van der Waals surface area contributed by atoms with Gasteiger partial charge in [-0.3, -0.25) is 4.79 Å². The number of aromatic nitrogens is 1. The summed E-state index contributed by atoms with van der Waals surface area (Å²) >= 11 is 4.61. The minimum absolute atomic E-state index is 0.162. The van der Waals surface area contributed by atoms with Crippen LogP contribution in [0.25, 0.3) is 0 Å². The van der Waals surface area contributed by atoms with E-state index in [4.69, 9.17) is 0 Å². The van der Waals surface area contributed by atoms with Gasteiger partial charge in [0, 0.05) is 16.4 Å². The summed E-state index contributed by atoms with van der Waals surface area (Å²) in [5, 5.41) is 5.30. The van der Waals surface area contributed by atoms with E-state index in [-0.39, 0.29) is 5.91 Å². The number of rotatable bonds is 3. The maximum absolute atomic E-state index is 11.3. The minimum Gasteiger partial charge on any atom is -0.346 e. The van der Waals surface area contributed by atoms with Gasteiger partial charge in [0.05, 0.1) is 5.01 Å². The van der Waals surface area contributed by atoms with Crippen molar-refractivity contribution in [1.82, 2.24) is 10.3 Å². The van der Waals surface area contributed by atoms with Crippen molar-refractivity contribution in [1.29, 1.82) is 0 Å². The van der Waals surface area contributed by atoms with Crippen LogP contribution in [-0.4, -0.2) is 17.4 Å². The Morgan fingerprint density at radius 3 is 3.00 bits per heavy atom. The van der Waals surface area contributed by atoms with Crippen LogP contribution in [0.3, 0.4) is 0 Å². The first-order chi connectivity index (χ1) is 6.09. The quantitative estimate of drug-likeness (QED) is 0.905. The average molecular weight is 261 g/mol. The highest BCUT2D eigenvalue weighted by Gasteiger charge is 2.07. The Morgan fingerprint density at radius 2 is 2.54 bits per heavy atom. The zero-order chi connectivity index (χ0) is 9.84. The van der Waals surface area contributed by atoms with Crippen LogP contribution in [0, 0.1) is 6.92 Å². The number of halogens is 1. The number of nitrogens with one attached hydrogen (secondary N) is 1. The fraction of sp³-hybridized carbons (Fsp3) is 0.250. The molecule has 0 bridgehead atoms. The molecule has 3 nitrogen and oxygen atoms in total. The zero-order valence-corrected chi connectivity index (χ0v) is 9.54. The predicted octanol–water partition coefficient (Wildman–Crippen LogP) is 2.09. The summed E-state index contributed by atoms with van der Waals surface area (Å²) in [5.41, 5.74) is 0.469. The van der Waals surface area contributed by atoms with Gasteiger partial charge in [-0.2, -0.15) is 0 Å². The first kappa shape index (κ1) is 10.4. The molecule has 0 fully saturated rings. The molecule has 0 aromatic carbocycles. The van der Waals surface area contributed by atoms with E-state index < -0.39 is 0 Å². The Morgan fingerprint density at radius 1 is 1.85 bits per heavy atom. The molecule has 0 unspecified atom stereocenters. The lowest BCUT2D eigenvalue weighted by molar-refractivity contribution is 0.0953. The van der Waals surface area contributed by atoms with E-state index in [2.05, 4.69) is 32.8 Å². The van der Waals surface area contributed by atoms with Crippen LogP contribution in [0.5, 0.6) is 0 Å². The number of aryl methyl sites for hydroxylation is 1. The summed E-state index contributed by atoms with van der Waals surface area (Å²) in [6, 6.07) is 0. The maximum Gasteiger partial charge on any atom is 0.271 e. The molecule has 0 aliphatic rings. The molecule has 0 saturated carbocycles. The van der Waals surface area contributed by atoms with E-state index in [1.165, 1.54) is 11.3 Å². The van der Waals surface area contributed by atoms with E-state index >= 15 is 0 Å². The van der Waals surface area contributed by atoms with E-state index in [0.717, 1.165) is 9.49 Å². The van der Waals surface area contributed by atoms with Gasteiger partial charge in [-0.15, -0.1) is 11.3 Å². The van der Waals surface area contributed by atoms with Crippen LogP contribution < -0.4 is 5.32 Å². The third-order valence-electron chi connectivity index (χ3n) is 1.29. The monoisotopic (exact) mass is 260 g/mol. The van der Waals surface area contributed by atoms with E-state index in [0.29, 0.717) is 12.2 Å². The summed E-state index contributed by atoms with van der Waals surface area (Å²) < 4.78 is 0.743. The number of amides is 1. The molecule has 1 amide bonds. The van der Waals surface area contributed by atoms with Crippen LogP contribution in [0.15, 0.2) is 16.4 Å². The summed E-state index contributed by atoms with van der Waals surface area (Å²) in [4.78, 5) is 15.4. The molecule has 0 radical (unpaired) electrons. The second kappa shape index (κ2) is 4.53. The number of nitrogens with zero attached hydrogens (tertiary/aromatic N) is 1. The first-order valence-corrected chi connectivity index (χ1v) is 5.30. The second-order valence-electron chi connectivity index (χ2n) is 2.45. The third kappa shape index (κ3) is 3.28. The summed E-state index contributed by atoms with van der Waals surface area (Å²) in [6.07, 6.45) is 0. The van der Waals surface area contributed by atoms with Crippen LogP contribution >= 0.6 is 27.3 Å². The molecule has 0 aliphatic carbocycles. The van der Waals surface area contributed by atoms with Gasteiger partial charge in [0.2, 0.25) is 0 Å². The van der Waals surface area contributed by atoms with Crippen molar-refractivity contribution in [3.63, 3.8) is 0 Å². The molecule has 5 heteroatoms. The number of hydrogen-bond donors (Lipinski definition) is 1. The number of carbonyl (C=O) groups is 1. The Kier molecular flexibility index (Phi) is 3.62. The fourth-order valence-electron chi connectivity index (χ4n) is 0.734. The van der Waals surface area contributed by atoms with Gasteiger partial charge in [0.1, 0.15) is 5.69 Å². The fourth-order valence-corrected chi connectivity index (χ4v) is 1.47. The lowest BCUT2D eigenvalue weighted by atomic mass is 10.4. The SMILES string of the molecule is C=C(Br)CNC(=O)c1csc(C)n1. The molecule has 1 N–H and O–H groups in total. The predicted molar refractivity (Wildman–Crippen MR) is 57.3 cm³/mol. The van der Waals surface area contributed by atoms with Crippen molar-refractivity contribution in [3.05, 3.63) is 27.1 Å². The van der Waals surface area contributed by atoms with Crippen molar-refractivity contribution in [2.24, 2.45) is 0 Å². The normalized spacial score (nSPS) is 9.69. The Balaban J connectivity index is 2.54. The standard InChI is InChI=1S/C8H9BrN2OS/c1-5(9)3-10-8(12)7-4-13-6(2)11-7/h4H,1,3H2,2H3,(H,10,12). The van der Waals surface area contributed by atoms with Crippen LogP contribution in [0.4, 0.5) is 0 Å². The van der Waals surface area contributed by atoms with Gasteiger partial charge >= 0.3 is 0 Å². The van der Waals surface area contributed by atoms with Gasteiger partial charge in [-0.05, 0) is 6.92 Å². The van der Waals surface area contributed by atoms with Crippen molar-refractivity contribution in [3.8, 4) is 0 Å². The molecule has 1 heterocycles. The van der Waals surface area contributed by atoms with E-state index in [1.807, 2.05) is 6.92 Å². The second-order valence-corrected chi connectivity index (χ2v) is 4.64. The van der Waals surface area contributed by atoms with Crippen molar-refractivity contribution in [2.75, 3.05) is 6.54 Å². The highest BCUT2D eigenvalue weighted by atomic mass is 79.9. The molecule has 0 spiro atoms. The van der Waals surface area contributed by atoms with Gasteiger partial charge < -0.3 is 5.32 Å². The average Bonchev–Trinajstić information content (AvgIpc) is 2.47. The molecule has 1 aromatic rings. The largest absolute Gasteiger partial charge is 0.346 e. The highest BCUT2D eigenvalue weighted by Crippen LogP contribution is 2.07. The van der Waals surface area contributed by atoms with Gasteiger partial charge in [0.15, 0.2) is 0 Å². The lowest BCUT2D eigenvalue weighted by Gasteiger charge is -1.99. The van der Waals surface area contributed by atoms with Crippen LogP contribution in [0.2, 0.25) is 0 Å². The molecule has 0 aliphatic heterocycles. The molecule has 0 atom stereocenters. The molecular weight excluding hydrogens is 252 g/mol. The highest BCUT2D eigenvalue weighted by molar-refractivity contribution is 9.11. The molecule has 70 valence electrons. The molecule has 1 rings (SSSR count).